The molecule has 1 aromatic rings. The van der Waals surface area contributed by atoms with E-state index in [2.05, 4.69) is 45.9 Å². The highest BCUT2D eigenvalue weighted by Crippen LogP contribution is 2.18. The van der Waals surface area contributed by atoms with Crippen molar-refractivity contribution in [2.45, 2.75) is 39.3 Å². The molecular formula is C16H26O2Si2. The van der Waals surface area contributed by atoms with Gasteiger partial charge in [0.15, 0.2) is 0 Å². The van der Waals surface area contributed by atoms with E-state index in [9.17, 15) is 0 Å². The predicted octanol–water partition coefficient (Wildman–Crippen LogP) is 5.28. The van der Waals surface area contributed by atoms with Crippen LogP contribution in [0.5, 0.6) is 5.75 Å². The molecule has 0 saturated heterocycles. The zero-order valence-electron chi connectivity index (χ0n) is 13.5. The Morgan fingerprint density at radius 1 is 0.950 bits per heavy atom. The van der Waals surface area contributed by atoms with Gasteiger partial charge in [0.1, 0.15) is 5.75 Å². The Balaban J connectivity index is 2.64. The fraction of sp³-hybridized carbons (Fsp3) is 0.375. The Labute approximate surface area is 125 Å². The average molecular weight is 307 g/mol. The van der Waals surface area contributed by atoms with Gasteiger partial charge in [-0.05, 0) is 63.1 Å². The van der Waals surface area contributed by atoms with E-state index in [1.54, 1.807) is 0 Å². The van der Waals surface area contributed by atoms with Crippen molar-refractivity contribution >= 4 is 22.7 Å². The van der Waals surface area contributed by atoms with E-state index >= 15 is 0 Å². The summed E-state index contributed by atoms with van der Waals surface area (Å²) in [5.41, 5.74) is 1.12. The summed E-state index contributed by atoms with van der Waals surface area (Å²) in [5.74, 6) is 1.67. The molecule has 110 valence electrons. The van der Waals surface area contributed by atoms with Gasteiger partial charge in [-0.2, -0.15) is 0 Å². The Hall–Kier alpha value is -1.27. The van der Waals surface area contributed by atoms with Crippen molar-refractivity contribution in [1.82, 2.24) is 0 Å². The lowest BCUT2D eigenvalue weighted by Crippen LogP contribution is -2.29. The molecular weight excluding hydrogens is 280 g/mol. The van der Waals surface area contributed by atoms with Gasteiger partial charge >= 0.3 is 0 Å². The van der Waals surface area contributed by atoms with Crippen LogP contribution in [0.4, 0.5) is 0 Å². The topological polar surface area (TPSA) is 18.5 Å². The van der Waals surface area contributed by atoms with Crippen LogP contribution in [-0.4, -0.2) is 16.6 Å². The molecule has 0 heterocycles. The van der Waals surface area contributed by atoms with Crippen LogP contribution in [0.3, 0.4) is 0 Å². The molecule has 0 aliphatic carbocycles. The van der Waals surface area contributed by atoms with Gasteiger partial charge in [0.05, 0.1) is 5.76 Å². The van der Waals surface area contributed by atoms with Crippen LogP contribution in [0.15, 0.2) is 42.7 Å². The Kier molecular flexibility index (Phi) is 5.42. The third kappa shape index (κ3) is 7.35. The average Bonchev–Trinajstić information content (AvgIpc) is 2.23. The first-order valence-corrected chi connectivity index (χ1v) is 13.7. The first-order valence-electron chi connectivity index (χ1n) is 6.90. The third-order valence-electron chi connectivity index (χ3n) is 2.20. The van der Waals surface area contributed by atoms with Gasteiger partial charge in [-0.15, -0.1) is 0 Å². The van der Waals surface area contributed by atoms with Crippen LogP contribution in [0, 0.1) is 0 Å². The number of allylic oxidation sites excluding steroid dienone is 1. The van der Waals surface area contributed by atoms with E-state index < -0.39 is 16.6 Å². The molecule has 0 spiro atoms. The van der Waals surface area contributed by atoms with Crippen molar-refractivity contribution in [3.05, 3.63) is 48.2 Å². The molecule has 0 fully saturated rings. The van der Waals surface area contributed by atoms with Crippen LogP contribution in [0.2, 0.25) is 39.3 Å². The molecule has 2 nitrogen and oxygen atoms in total. The second-order valence-electron chi connectivity index (χ2n) is 6.80. The lowest BCUT2D eigenvalue weighted by molar-refractivity contribution is 0.445. The van der Waals surface area contributed by atoms with Gasteiger partial charge in [0.2, 0.25) is 16.6 Å². The minimum absolute atomic E-state index is 0.728. The number of rotatable bonds is 6. The summed E-state index contributed by atoms with van der Waals surface area (Å²) >= 11 is 0. The van der Waals surface area contributed by atoms with Gasteiger partial charge in [-0.1, -0.05) is 24.8 Å². The SMILES string of the molecule is C=C(/C=C/c1ccc(O[Si](C)(C)C)cc1)O[Si](C)(C)C. The van der Waals surface area contributed by atoms with Crippen molar-refractivity contribution in [3.63, 3.8) is 0 Å². The summed E-state index contributed by atoms with van der Waals surface area (Å²) in [5, 5.41) is 0. The minimum Gasteiger partial charge on any atom is -0.545 e. The van der Waals surface area contributed by atoms with Crippen molar-refractivity contribution in [2.24, 2.45) is 0 Å². The van der Waals surface area contributed by atoms with E-state index in [4.69, 9.17) is 8.85 Å². The number of hydrogen-bond acceptors (Lipinski definition) is 2. The van der Waals surface area contributed by atoms with Crippen LogP contribution in [0.25, 0.3) is 6.08 Å². The molecule has 0 aliphatic heterocycles. The summed E-state index contributed by atoms with van der Waals surface area (Å²) in [7, 11) is -3.09. The number of hydrogen-bond donors (Lipinski definition) is 0. The summed E-state index contributed by atoms with van der Waals surface area (Å²) in [4.78, 5) is 0. The smallest absolute Gasteiger partial charge is 0.242 e. The molecule has 4 heteroatoms. The zero-order chi connectivity index (χ0) is 15.4. The molecule has 0 atom stereocenters. The monoisotopic (exact) mass is 306 g/mol. The fourth-order valence-corrected chi connectivity index (χ4v) is 3.31. The summed E-state index contributed by atoms with van der Waals surface area (Å²) in [6.07, 6.45) is 3.94. The van der Waals surface area contributed by atoms with Crippen LogP contribution in [0.1, 0.15) is 5.56 Å². The van der Waals surface area contributed by atoms with E-state index in [0.717, 1.165) is 17.1 Å². The van der Waals surface area contributed by atoms with Crippen molar-refractivity contribution in [1.29, 1.82) is 0 Å². The normalized spacial score (nSPS) is 12.5. The van der Waals surface area contributed by atoms with Crippen LogP contribution in [-0.2, 0) is 4.43 Å². The maximum absolute atomic E-state index is 5.93. The molecule has 0 radical (unpaired) electrons. The van der Waals surface area contributed by atoms with Gasteiger partial charge in [0.25, 0.3) is 0 Å². The lowest BCUT2D eigenvalue weighted by Gasteiger charge is -2.19. The fourth-order valence-electron chi connectivity index (χ4n) is 1.62. The summed E-state index contributed by atoms with van der Waals surface area (Å²) in [6, 6.07) is 8.13. The summed E-state index contributed by atoms with van der Waals surface area (Å²) < 4.78 is 11.7. The molecule has 0 saturated carbocycles. The molecule has 0 aromatic heterocycles. The predicted molar refractivity (Wildman–Crippen MR) is 93.0 cm³/mol. The molecule has 0 unspecified atom stereocenters. The molecule has 0 N–H and O–H groups in total. The Morgan fingerprint density at radius 3 is 1.95 bits per heavy atom. The second kappa shape index (κ2) is 6.46. The first kappa shape index (κ1) is 16.8. The van der Waals surface area contributed by atoms with Gasteiger partial charge in [0, 0.05) is 0 Å². The molecule has 0 aliphatic rings. The van der Waals surface area contributed by atoms with Gasteiger partial charge < -0.3 is 8.85 Å². The molecule has 0 bridgehead atoms. The third-order valence-corrected chi connectivity index (χ3v) is 3.93. The highest BCUT2D eigenvalue weighted by atomic mass is 28.4. The quantitative estimate of drug-likeness (QED) is 0.404. The Bertz CT molecular complexity index is 477. The molecule has 1 rings (SSSR count). The maximum atomic E-state index is 5.93. The number of benzene rings is 1. The van der Waals surface area contributed by atoms with Crippen LogP contribution < -0.4 is 4.43 Å². The largest absolute Gasteiger partial charge is 0.545 e. The lowest BCUT2D eigenvalue weighted by atomic mass is 10.2. The summed E-state index contributed by atoms with van der Waals surface area (Å²) in [6.45, 7) is 16.9. The maximum Gasteiger partial charge on any atom is 0.242 e. The minimum atomic E-state index is -1.56. The molecule has 20 heavy (non-hydrogen) atoms. The first-order chi connectivity index (χ1) is 9.05. The molecule has 1 aromatic carbocycles. The highest BCUT2D eigenvalue weighted by molar-refractivity contribution is 6.70. The molecule has 0 amide bonds. The van der Waals surface area contributed by atoms with E-state index in [-0.39, 0.29) is 0 Å². The van der Waals surface area contributed by atoms with Crippen LogP contribution >= 0.6 is 0 Å². The highest BCUT2D eigenvalue weighted by Gasteiger charge is 2.16. The Morgan fingerprint density at radius 2 is 1.50 bits per heavy atom. The van der Waals surface area contributed by atoms with Crippen molar-refractivity contribution < 1.29 is 8.85 Å². The van der Waals surface area contributed by atoms with Gasteiger partial charge in [-0.3, -0.25) is 0 Å². The van der Waals surface area contributed by atoms with Gasteiger partial charge in [-0.25, -0.2) is 0 Å². The van der Waals surface area contributed by atoms with Crippen molar-refractivity contribution in [2.75, 3.05) is 0 Å². The standard InChI is InChI=1S/C16H26O2Si2/c1-14(17-19(2,3)4)8-9-15-10-12-16(13-11-15)18-20(5,6)7/h8-13H,1H2,2-7H3/b9-8+. The van der Waals surface area contributed by atoms with E-state index in [1.165, 1.54) is 0 Å². The second-order valence-corrected chi connectivity index (χ2v) is 15.7. The van der Waals surface area contributed by atoms with E-state index in [0.29, 0.717) is 0 Å². The zero-order valence-corrected chi connectivity index (χ0v) is 15.5. The van der Waals surface area contributed by atoms with E-state index in [1.807, 2.05) is 36.4 Å². The van der Waals surface area contributed by atoms with Crippen molar-refractivity contribution in [3.8, 4) is 5.75 Å².